The van der Waals surface area contributed by atoms with Crippen LogP contribution in [0, 0.1) is 0 Å². The second-order valence-corrected chi connectivity index (χ2v) is 5.96. The highest BCUT2D eigenvalue weighted by Gasteiger charge is 2.26. The van der Waals surface area contributed by atoms with Crippen molar-refractivity contribution in [1.82, 2.24) is 24.5 Å². The van der Waals surface area contributed by atoms with Crippen molar-refractivity contribution in [2.75, 3.05) is 25.6 Å². The van der Waals surface area contributed by atoms with E-state index in [4.69, 9.17) is 9.47 Å². The molecule has 25 heavy (non-hydrogen) atoms. The number of rotatable bonds is 8. The molecule has 1 N–H and O–H groups in total. The van der Waals surface area contributed by atoms with E-state index >= 15 is 0 Å². The van der Waals surface area contributed by atoms with Gasteiger partial charge in [0.2, 0.25) is 0 Å². The number of fused-ring (bicyclic) bond motifs is 1. The van der Waals surface area contributed by atoms with E-state index < -0.39 is 0 Å². The maximum atomic E-state index is 5.61. The van der Waals surface area contributed by atoms with E-state index in [2.05, 4.69) is 29.8 Å². The standard InChI is InChI=1S/C17H20N6O2/c1-24-6-7-25-14-4-5-18-12(8-14)9-19-16-15-17(21-10-20-16)23(11-22-15)13-2-3-13/h4-5,8,10-11,13H,2-3,6-7,9H2,1H3,(H,19,20,21). The monoisotopic (exact) mass is 340 g/mol. The van der Waals surface area contributed by atoms with Crippen molar-refractivity contribution >= 4 is 17.0 Å². The fourth-order valence-electron chi connectivity index (χ4n) is 2.66. The number of hydrogen-bond donors (Lipinski definition) is 1. The third-order valence-electron chi connectivity index (χ3n) is 4.08. The number of hydrogen-bond acceptors (Lipinski definition) is 7. The van der Waals surface area contributed by atoms with Crippen LogP contribution in [0.3, 0.4) is 0 Å². The predicted octanol–water partition coefficient (Wildman–Crippen LogP) is 2.19. The lowest BCUT2D eigenvalue weighted by molar-refractivity contribution is 0.146. The Balaban J connectivity index is 1.46. The highest BCUT2D eigenvalue weighted by atomic mass is 16.5. The van der Waals surface area contributed by atoms with Crippen LogP contribution < -0.4 is 10.1 Å². The lowest BCUT2D eigenvalue weighted by Crippen LogP contribution is -2.07. The molecule has 4 rings (SSSR count). The summed E-state index contributed by atoms with van der Waals surface area (Å²) in [6.45, 7) is 1.60. The Bertz CT molecular complexity index is 861. The van der Waals surface area contributed by atoms with Crippen LogP contribution in [-0.2, 0) is 11.3 Å². The topological polar surface area (TPSA) is 87.0 Å². The molecule has 1 aliphatic carbocycles. The maximum absolute atomic E-state index is 5.61. The first-order chi connectivity index (χ1) is 12.3. The van der Waals surface area contributed by atoms with Crippen molar-refractivity contribution in [3.63, 3.8) is 0 Å². The summed E-state index contributed by atoms with van der Waals surface area (Å²) in [5, 5.41) is 3.30. The van der Waals surface area contributed by atoms with Crippen molar-refractivity contribution in [3.8, 4) is 5.75 Å². The number of pyridine rings is 1. The third kappa shape index (κ3) is 3.53. The van der Waals surface area contributed by atoms with Gasteiger partial charge in [0.1, 0.15) is 24.2 Å². The molecule has 8 heteroatoms. The molecule has 0 bridgehead atoms. The summed E-state index contributed by atoms with van der Waals surface area (Å²) >= 11 is 0. The van der Waals surface area contributed by atoms with Gasteiger partial charge < -0.3 is 19.4 Å². The summed E-state index contributed by atoms with van der Waals surface area (Å²) in [5.41, 5.74) is 2.54. The van der Waals surface area contributed by atoms with Gasteiger partial charge >= 0.3 is 0 Å². The first-order valence-electron chi connectivity index (χ1n) is 8.33. The molecule has 0 amide bonds. The minimum Gasteiger partial charge on any atom is -0.491 e. The Labute approximate surface area is 145 Å². The van der Waals surface area contributed by atoms with Crippen molar-refractivity contribution < 1.29 is 9.47 Å². The highest BCUT2D eigenvalue weighted by molar-refractivity contribution is 5.82. The van der Waals surface area contributed by atoms with Gasteiger partial charge in [0.15, 0.2) is 11.5 Å². The molecule has 1 saturated carbocycles. The minimum atomic E-state index is 0.512. The second-order valence-electron chi connectivity index (χ2n) is 5.96. The number of aromatic nitrogens is 5. The van der Waals surface area contributed by atoms with Crippen molar-refractivity contribution in [2.45, 2.75) is 25.4 Å². The molecule has 0 aromatic carbocycles. The first kappa shape index (κ1) is 15.8. The maximum Gasteiger partial charge on any atom is 0.165 e. The number of imidazole rings is 1. The van der Waals surface area contributed by atoms with Gasteiger partial charge in [-0.1, -0.05) is 0 Å². The molecule has 8 nitrogen and oxygen atoms in total. The van der Waals surface area contributed by atoms with E-state index in [-0.39, 0.29) is 0 Å². The summed E-state index contributed by atoms with van der Waals surface area (Å²) in [6, 6.07) is 4.28. The normalized spacial score (nSPS) is 14.0. The minimum absolute atomic E-state index is 0.512. The van der Waals surface area contributed by atoms with Crippen molar-refractivity contribution in [1.29, 1.82) is 0 Å². The van der Waals surface area contributed by atoms with E-state index in [0.29, 0.717) is 25.8 Å². The fraction of sp³-hybridized carbons (Fsp3) is 0.412. The molecule has 0 aliphatic heterocycles. The number of methoxy groups -OCH3 is 1. The average Bonchev–Trinajstić information content (AvgIpc) is 3.39. The first-order valence-corrected chi connectivity index (χ1v) is 8.33. The molecule has 0 atom stereocenters. The molecular weight excluding hydrogens is 320 g/mol. The zero-order chi connectivity index (χ0) is 17.1. The number of nitrogens with zero attached hydrogens (tertiary/aromatic N) is 5. The Morgan fingerprint density at radius 1 is 1.20 bits per heavy atom. The molecule has 3 aromatic heterocycles. The van der Waals surface area contributed by atoms with E-state index in [0.717, 1.165) is 28.4 Å². The van der Waals surface area contributed by atoms with Gasteiger partial charge in [0.25, 0.3) is 0 Å². The van der Waals surface area contributed by atoms with Crippen LogP contribution in [-0.4, -0.2) is 44.8 Å². The lowest BCUT2D eigenvalue weighted by Gasteiger charge is -2.08. The number of ether oxygens (including phenoxy) is 2. The average molecular weight is 340 g/mol. The van der Waals surface area contributed by atoms with E-state index in [1.165, 1.54) is 12.8 Å². The summed E-state index contributed by atoms with van der Waals surface area (Å²) in [7, 11) is 1.65. The summed E-state index contributed by atoms with van der Waals surface area (Å²) in [5.74, 6) is 1.49. The largest absolute Gasteiger partial charge is 0.491 e. The van der Waals surface area contributed by atoms with Gasteiger partial charge in [0, 0.05) is 25.4 Å². The van der Waals surface area contributed by atoms with E-state index in [9.17, 15) is 0 Å². The molecule has 3 heterocycles. The Morgan fingerprint density at radius 2 is 2.12 bits per heavy atom. The summed E-state index contributed by atoms with van der Waals surface area (Å²) in [6.07, 6.45) is 7.54. The summed E-state index contributed by atoms with van der Waals surface area (Å²) in [4.78, 5) is 17.5. The van der Waals surface area contributed by atoms with Crippen LogP contribution in [0.15, 0.2) is 31.0 Å². The number of anilines is 1. The Hall–Kier alpha value is -2.74. The fourth-order valence-corrected chi connectivity index (χ4v) is 2.66. The van der Waals surface area contributed by atoms with Crippen LogP contribution in [0.5, 0.6) is 5.75 Å². The smallest absolute Gasteiger partial charge is 0.165 e. The third-order valence-corrected chi connectivity index (χ3v) is 4.08. The zero-order valence-corrected chi connectivity index (χ0v) is 14.1. The van der Waals surface area contributed by atoms with Crippen LogP contribution in [0.25, 0.3) is 11.2 Å². The van der Waals surface area contributed by atoms with E-state index in [1.54, 1.807) is 19.6 Å². The van der Waals surface area contributed by atoms with Crippen LogP contribution in [0.2, 0.25) is 0 Å². The molecule has 1 fully saturated rings. The van der Waals surface area contributed by atoms with Crippen molar-refractivity contribution in [2.24, 2.45) is 0 Å². The van der Waals surface area contributed by atoms with Crippen LogP contribution >= 0.6 is 0 Å². The van der Waals surface area contributed by atoms with Crippen LogP contribution in [0.1, 0.15) is 24.6 Å². The second kappa shape index (κ2) is 7.02. The van der Waals surface area contributed by atoms with Gasteiger partial charge in [-0.25, -0.2) is 15.0 Å². The molecule has 0 spiro atoms. The van der Waals surface area contributed by atoms with Gasteiger partial charge in [0.05, 0.1) is 25.2 Å². The summed E-state index contributed by atoms with van der Waals surface area (Å²) < 4.78 is 12.7. The molecule has 0 saturated heterocycles. The Kier molecular flexibility index (Phi) is 4.43. The van der Waals surface area contributed by atoms with E-state index in [1.807, 2.05) is 18.5 Å². The van der Waals surface area contributed by atoms with Gasteiger partial charge in [-0.15, -0.1) is 0 Å². The molecular formula is C17H20N6O2. The molecule has 130 valence electrons. The predicted molar refractivity (Wildman–Crippen MR) is 92.5 cm³/mol. The molecule has 0 unspecified atom stereocenters. The zero-order valence-electron chi connectivity index (χ0n) is 14.1. The molecule has 0 radical (unpaired) electrons. The lowest BCUT2D eigenvalue weighted by atomic mass is 10.3. The van der Waals surface area contributed by atoms with Crippen molar-refractivity contribution in [3.05, 3.63) is 36.7 Å². The quantitative estimate of drug-likeness (QED) is 0.629. The molecule has 1 aliphatic rings. The molecule has 3 aromatic rings. The highest BCUT2D eigenvalue weighted by Crippen LogP contribution is 2.37. The van der Waals surface area contributed by atoms with Gasteiger partial charge in [-0.3, -0.25) is 4.98 Å². The van der Waals surface area contributed by atoms with Gasteiger partial charge in [-0.2, -0.15) is 0 Å². The van der Waals surface area contributed by atoms with Gasteiger partial charge in [-0.05, 0) is 18.9 Å². The number of nitrogens with one attached hydrogen (secondary N) is 1. The SMILES string of the molecule is COCCOc1ccnc(CNc2ncnc3c2ncn3C2CC2)c1. The Morgan fingerprint density at radius 3 is 2.96 bits per heavy atom. The van der Waals surface area contributed by atoms with Crippen LogP contribution in [0.4, 0.5) is 5.82 Å².